The number of methoxy groups -OCH3 is 1. The topological polar surface area (TPSA) is 66.9 Å². The number of aliphatic hydroxyl groups excluding tert-OH is 1. The monoisotopic (exact) mass is 295 g/mol. The number of hydrogen-bond acceptors (Lipinski definition) is 6. The van der Waals surface area contributed by atoms with Crippen LogP contribution in [-0.2, 0) is 16.0 Å². The highest BCUT2D eigenvalue weighted by Gasteiger charge is 2.26. The molecule has 2 N–H and O–H groups in total. The van der Waals surface area contributed by atoms with Gasteiger partial charge in [-0.1, -0.05) is 6.07 Å². The third-order valence-electron chi connectivity index (χ3n) is 3.50. The summed E-state index contributed by atoms with van der Waals surface area (Å²) in [6.45, 7) is 5.77. The van der Waals surface area contributed by atoms with Gasteiger partial charge in [0.25, 0.3) is 0 Å². The van der Waals surface area contributed by atoms with Crippen LogP contribution in [0.4, 0.5) is 5.82 Å². The van der Waals surface area contributed by atoms with Crippen molar-refractivity contribution in [1.29, 1.82) is 0 Å². The first-order valence-electron chi connectivity index (χ1n) is 7.39. The van der Waals surface area contributed by atoms with Crippen molar-refractivity contribution in [2.24, 2.45) is 0 Å². The van der Waals surface area contributed by atoms with E-state index in [-0.39, 0.29) is 18.8 Å². The standard InChI is InChI=1S/C15H25N3O3/c1-12-9-18(10-14(11-19)21-12)15-13(4-3-5-17-15)8-16-6-7-20-2/h3-5,12,14,16,19H,6-11H2,1-2H3. The summed E-state index contributed by atoms with van der Waals surface area (Å²) in [5.74, 6) is 0.969. The predicted molar refractivity (Wildman–Crippen MR) is 81.5 cm³/mol. The maximum Gasteiger partial charge on any atom is 0.133 e. The quantitative estimate of drug-likeness (QED) is 0.710. The Morgan fingerprint density at radius 1 is 1.52 bits per heavy atom. The minimum Gasteiger partial charge on any atom is -0.394 e. The predicted octanol–water partition coefficient (Wildman–Crippen LogP) is 0.404. The highest BCUT2D eigenvalue weighted by atomic mass is 16.5. The van der Waals surface area contributed by atoms with Gasteiger partial charge in [-0.3, -0.25) is 0 Å². The molecule has 0 bridgehead atoms. The molecule has 6 nitrogen and oxygen atoms in total. The van der Waals surface area contributed by atoms with Crippen LogP contribution in [0.2, 0.25) is 0 Å². The highest BCUT2D eigenvalue weighted by Crippen LogP contribution is 2.22. The lowest BCUT2D eigenvalue weighted by molar-refractivity contribution is -0.0423. The molecule has 1 aliphatic rings. The molecule has 2 rings (SSSR count). The SMILES string of the molecule is COCCNCc1cccnc1N1CC(C)OC(CO)C1. The average molecular weight is 295 g/mol. The fourth-order valence-electron chi connectivity index (χ4n) is 2.57. The highest BCUT2D eigenvalue weighted by molar-refractivity contribution is 5.47. The minimum absolute atomic E-state index is 0.0368. The zero-order chi connectivity index (χ0) is 15.1. The Bertz CT molecular complexity index is 430. The molecule has 1 aromatic rings. The Morgan fingerprint density at radius 2 is 2.38 bits per heavy atom. The van der Waals surface area contributed by atoms with Gasteiger partial charge in [-0.15, -0.1) is 0 Å². The van der Waals surface area contributed by atoms with Gasteiger partial charge in [0.2, 0.25) is 0 Å². The Morgan fingerprint density at radius 3 is 3.14 bits per heavy atom. The second-order valence-electron chi connectivity index (χ2n) is 5.31. The van der Waals surface area contributed by atoms with Crippen molar-refractivity contribution in [3.05, 3.63) is 23.9 Å². The lowest BCUT2D eigenvalue weighted by atomic mass is 10.1. The van der Waals surface area contributed by atoms with Gasteiger partial charge in [0, 0.05) is 45.0 Å². The van der Waals surface area contributed by atoms with E-state index in [0.29, 0.717) is 13.2 Å². The summed E-state index contributed by atoms with van der Waals surface area (Å²) in [4.78, 5) is 6.72. The van der Waals surface area contributed by atoms with Gasteiger partial charge in [0.1, 0.15) is 5.82 Å². The van der Waals surface area contributed by atoms with Crippen LogP contribution in [0.5, 0.6) is 0 Å². The summed E-state index contributed by atoms with van der Waals surface area (Å²) in [6.07, 6.45) is 1.75. The van der Waals surface area contributed by atoms with Crippen molar-refractivity contribution < 1.29 is 14.6 Å². The first-order chi connectivity index (χ1) is 10.2. The van der Waals surface area contributed by atoms with Gasteiger partial charge in [-0.05, 0) is 13.0 Å². The molecule has 21 heavy (non-hydrogen) atoms. The molecule has 1 aliphatic heterocycles. The van der Waals surface area contributed by atoms with Crippen molar-refractivity contribution in [2.75, 3.05) is 44.9 Å². The lowest BCUT2D eigenvalue weighted by Crippen LogP contribution is -2.48. The van der Waals surface area contributed by atoms with Crippen LogP contribution < -0.4 is 10.2 Å². The molecule has 0 saturated carbocycles. The molecule has 1 saturated heterocycles. The number of rotatable bonds is 7. The number of aliphatic hydroxyl groups is 1. The number of nitrogens with one attached hydrogen (secondary N) is 1. The summed E-state index contributed by atoms with van der Waals surface area (Å²) in [5.41, 5.74) is 1.15. The Balaban J connectivity index is 2.04. The molecule has 0 spiro atoms. The van der Waals surface area contributed by atoms with Crippen LogP contribution in [0.15, 0.2) is 18.3 Å². The van der Waals surface area contributed by atoms with Crippen LogP contribution in [0.3, 0.4) is 0 Å². The normalized spacial score (nSPS) is 22.5. The van der Waals surface area contributed by atoms with Gasteiger partial charge in [0.15, 0.2) is 0 Å². The third-order valence-corrected chi connectivity index (χ3v) is 3.50. The minimum atomic E-state index is -0.148. The summed E-state index contributed by atoms with van der Waals surface area (Å²) >= 11 is 0. The van der Waals surface area contributed by atoms with Gasteiger partial charge in [0.05, 0.1) is 25.4 Å². The van der Waals surface area contributed by atoms with Crippen LogP contribution in [0.1, 0.15) is 12.5 Å². The van der Waals surface area contributed by atoms with Crippen LogP contribution in [0, 0.1) is 0 Å². The van der Waals surface area contributed by atoms with Crippen molar-refractivity contribution in [3.8, 4) is 0 Å². The van der Waals surface area contributed by atoms with Crippen molar-refractivity contribution in [1.82, 2.24) is 10.3 Å². The summed E-state index contributed by atoms with van der Waals surface area (Å²) in [6, 6.07) is 4.03. The third kappa shape index (κ3) is 4.64. The van der Waals surface area contributed by atoms with E-state index >= 15 is 0 Å². The van der Waals surface area contributed by atoms with Gasteiger partial charge < -0.3 is 24.8 Å². The van der Waals surface area contributed by atoms with E-state index in [9.17, 15) is 5.11 Å². The Kier molecular flexibility index (Phi) is 6.38. The molecule has 2 heterocycles. The first kappa shape index (κ1) is 16.2. The van der Waals surface area contributed by atoms with E-state index in [1.54, 1.807) is 7.11 Å². The average Bonchev–Trinajstić information content (AvgIpc) is 2.51. The zero-order valence-corrected chi connectivity index (χ0v) is 12.8. The molecule has 6 heteroatoms. The van der Waals surface area contributed by atoms with E-state index in [1.807, 2.05) is 19.2 Å². The number of pyridine rings is 1. The summed E-state index contributed by atoms with van der Waals surface area (Å²) in [5, 5.41) is 12.7. The number of ether oxygens (including phenoxy) is 2. The molecule has 0 radical (unpaired) electrons. The van der Waals surface area contributed by atoms with Crippen LogP contribution in [-0.4, -0.2) is 62.3 Å². The smallest absolute Gasteiger partial charge is 0.133 e. The molecule has 118 valence electrons. The molecular formula is C15H25N3O3. The van der Waals surface area contributed by atoms with Crippen molar-refractivity contribution in [3.63, 3.8) is 0 Å². The van der Waals surface area contributed by atoms with Crippen molar-refractivity contribution >= 4 is 5.82 Å². The molecular weight excluding hydrogens is 270 g/mol. The number of morpholine rings is 1. The maximum absolute atomic E-state index is 9.34. The largest absolute Gasteiger partial charge is 0.394 e. The summed E-state index contributed by atoms with van der Waals surface area (Å²) in [7, 11) is 1.70. The maximum atomic E-state index is 9.34. The summed E-state index contributed by atoms with van der Waals surface area (Å²) < 4.78 is 10.7. The van der Waals surface area contributed by atoms with Crippen molar-refractivity contribution in [2.45, 2.75) is 25.7 Å². The number of nitrogens with zero attached hydrogens (tertiary/aromatic N) is 2. The molecule has 0 aromatic carbocycles. The van der Waals surface area contributed by atoms with Crippen LogP contribution >= 0.6 is 0 Å². The number of aromatic nitrogens is 1. The first-order valence-corrected chi connectivity index (χ1v) is 7.39. The van der Waals surface area contributed by atoms with Gasteiger partial charge >= 0.3 is 0 Å². The van der Waals surface area contributed by atoms with Crippen LogP contribution in [0.25, 0.3) is 0 Å². The second-order valence-corrected chi connectivity index (χ2v) is 5.31. The van der Waals surface area contributed by atoms with E-state index in [4.69, 9.17) is 9.47 Å². The number of anilines is 1. The molecule has 0 amide bonds. The second kappa shape index (κ2) is 8.29. The Labute approximate surface area is 126 Å². The molecule has 1 fully saturated rings. The van der Waals surface area contributed by atoms with E-state index in [0.717, 1.165) is 31.0 Å². The zero-order valence-electron chi connectivity index (χ0n) is 12.8. The molecule has 0 aliphatic carbocycles. The fraction of sp³-hybridized carbons (Fsp3) is 0.667. The molecule has 2 atom stereocenters. The molecule has 2 unspecified atom stereocenters. The number of hydrogen-bond donors (Lipinski definition) is 2. The van der Waals surface area contributed by atoms with E-state index in [2.05, 4.69) is 21.3 Å². The van der Waals surface area contributed by atoms with E-state index < -0.39 is 0 Å². The van der Waals surface area contributed by atoms with E-state index in [1.165, 1.54) is 0 Å². The lowest BCUT2D eigenvalue weighted by Gasteiger charge is -2.37. The van der Waals surface area contributed by atoms with Gasteiger partial charge in [-0.25, -0.2) is 4.98 Å². The molecule has 1 aromatic heterocycles. The fourth-order valence-corrected chi connectivity index (χ4v) is 2.57. The van der Waals surface area contributed by atoms with Gasteiger partial charge in [-0.2, -0.15) is 0 Å². The Hall–Kier alpha value is -1.21.